The Hall–Kier alpha value is -0.650. The monoisotopic (exact) mass is 283 g/mol. The second-order valence-electron chi connectivity index (χ2n) is 6.30. The molecular formula is C15H25NO4. The Morgan fingerprint density at radius 3 is 2.95 bits per heavy atom. The van der Waals surface area contributed by atoms with Crippen molar-refractivity contribution in [3.63, 3.8) is 0 Å². The topological polar surface area (TPSA) is 48.0 Å². The zero-order chi connectivity index (χ0) is 14.0. The number of nitrogens with zero attached hydrogens (tertiary/aromatic N) is 1. The van der Waals surface area contributed by atoms with Crippen molar-refractivity contribution in [1.82, 2.24) is 4.90 Å². The van der Waals surface area contributed by atoms with Gasteiger partial charge in [-0.1, -0.05) is 0 Å². The third-order valence-electron chi connectivity index (χ3n) is 5.04. The summed E-state index contributed by atoms with van der Waals surface area (Å²) in [5, 5.41) is 0. The van der Waals surface area contributed by atoms with Crippen LogP contribution in [0.3, 0.4) is 0 Å². The highest BCUT2D eigenvalue weighted by atomic mass is 16.5. The number of carbonyl (C=O) groups is 1. The molecule has 3 aliphatic rings. The molecule has 0 aromatic heterocycles. The minimum atomic E-state index is -0.181. The molecule has 1 spiro atoms. The van der Waals surface area contributed by atoms with Crippen molar-refractivity contribution in [1.29, 1.82) is 0 Å². The molecule has 0 aromatic rings. The van der Waals surface area contributed by atoms with E-state index in [0.29, 0.717) is 19.1 Å². The largest absolute Gasteiger partial charge is 0.469 e. The number of esters is 1. The molecular weight excluding hydrogens is 258 g/mol. The van der Waals surface area contributed by atoms with Crippen molar-refractivity contribution in [2.24, 2.45) is 0 Å². The van der Waals surface area contributed by atoms with Crippen LogP contribution in [0.4, 0.5) is 0 Å². The fourth-order valence-electron chi connectivity index (χ4n) is 3.70. The first-order chi connectivity index (χ1) is 9.71. The number of ether oxygens (including phenoxy) is 3. The summed E-state index contributed by atoms with van der Waals surface area (Å²) in [5.41, 5.74) is 0.180. The van der Waals surface area contributed by atoms with Crippen molar-refractivity contribution >= 4 is 5.97 Å². The standard InChI is InChI=1S/C15H25NO4/c1-18-14(17)9-13-11-16(6-8-19-13)12-3-7-20-15(10-12)4-2-5-15/h12-13H,2-11H2,1H3. The van der Waals surface area contributed by atoms with Gasteiger partial charge in [0.15, 0.2) is 0 Å². The summed E-state index contributed by atoms with van der Waals surface area (Å²) in [4.78, 5) is 13.9. The molecule has 0 bridgehead atoms. The molecule has 0 amide bonds. The number of morpholine rings is 1. The van der Waals surface area contributed by atoms with Crippen LogP contribution in [-0.4, -0.2) is 62.0 Å². The molecule has 3 fully saturated rings. The molecule has 114 valence electrons. The Morgan fingerprint density at radius 1 is 1.40 bits per heavy atom. The van der Waals surface area contributed by atoms with Crippen LogP contribution in [0.2, 0.25) is 0 Å². The predicted molar refractivity (Wildman–Crippen MR) is 73.5 cm³/mol. The Kier molecular flexibility index (Phi) is 4.29. The van der Waals surface area contributed by atoms with Gasteiger partial charge >= 0.3 is 5.97 Å². The molecule has 2 aliphatic heterocycles. The molecule has 5 nitrogen and oxygen atoms in total. The fraction of sp³-hybridized carbons (Fsp3) is 0.933. The number of carbonyl (C=O) groups excluding carboxylic acids is 1. The summed E-state index contributed by atoms with van der Waals surface area (Å²) in [6.07, 6.45) is 6.35. The molecule has 2 saturated heterocycles. The first-order valence-corrected chi connectivity index (χ1v) is 7.77. The summed E-state index contributed by atoms with van der Waals surface area (Å²) in [6, 6.07) is 0.591. The lowest BCUT2D eigenvalue weighted by molar-refractivity contribution is -0.162. The van der Waals surface area contributed by atoms with E-state index in [0.717, 1.165) is 32.5 Å². The minimum absolute atomic E-state index is 0.0172. The van der Waals surface area contributed by atoms with E-state index in [1.807, 2.05) is 0 Å². The van der Waals surface area contributed by atoms with Crippen LogP contribution in [0.15, 0.2) is 0 Å². The van der Waals surface area contributed by atoms with Gasteiger partial charge in [0.1, 0.15) is 0 Å². The third kappa shape index (κ3) is 3.00. The Bertz CT molecular complexity index is 356. The minimum Gasteiger partial charge on any atom is -0.469 e. The lowest BCUT2D eigenvalue weighted by Crippen LogP contribution is -2.55. The third-order valence-corrected chi connectivity index (χ3v) is 5.04. The summed E-state index contributed by atoms with van der Waals surface area (Å²) in [5.74, 6) is -0.181. The van der Waals surface area contributed by atoms with Crippen molar-refractivity contribution in [2.75, 3.05) is 33.4 Å². The van der Waals surface area contributed by atoms with Gasteiger partial charge in [0.05, 0.1) is 31.8 Å². The highest BCUT2D eigenvalue weighted by Gasteiger charge is 2.44. The second kappa shape index (κ2) is 6.00. The lowest BCUT2D eigenvalue weighted by atomic mass is 9.73. The molecule has 2 heterocycles. The van der Waals surface area contributed by atoms with Gasteiger partial charge in [0.2, 0.25) is 0 Å². The molecule has 0 aromatic carbocycles. The molecule has 1 aliphatic carbocycles. The average Bonchev–Trinajstić information content (AvgIpc) is 2.46. The van der Waals surface area contributed by atoms with E-state index in [2.05, 4.69) is 4.90 Å². The van der Waals surface area contributed by atoms with Gasteiger partial charge in [-0.05, 0) is 32.1 Å². The molecule has 2 atom stereocenters. The summed E-state index contributed by atoms with van der Waals surface area (Å²) in [6.45, 7) is 3.41. The zero-order valence-electron chi connectivity index (χ0n) is 12.3. The average molecular weight is 283 g/mol. The summed E-state index contributed by atoms with van der Waals surface area (Å²) in [7, 11) is 1.43. The van der Waals surface area contributed by atoms with Crippen LogP contribution >= 0.6 is 0 Å². The van der Waals surface area contributed by atoms with Crippen molar-refractivity contribution in [3.05, 3.63) is 0 Å². The maximum Gasteiger partial charge on any atom is 0.308 e. The van der Waals surface area contributed by atoms with Gasteiger partial charge in [-0.15, -0.1) is 0 Å². The van der Waals surface area contributed by atoms with E-state index < -0.39 is 0 Å². The molecule has 0 N–H and O–H groups in total. The van der Waals surface area contributed by atoms with Crippen LogP contribution < -0.4 is 0 Å². The van der Waals surface area contributed by atoms with E-state index in [9.17, 15) is 4.79 Å². The lowest BCUT2D eigenvalue weighted by Gasteiger charge is -2.50. The number of rotatable bonds is 3. The maximum atomic E-state index is 11.4. The Morgan fingerprint density at radius 2 is 2.25 bits per heavy atom. The van der Waals surface area contributed by atoms with Gasteiger partial charge in [-0.2, -0.15) is 0 Å². The first kappa shape index (κ1) is 14.3. The van der Waals surface area contributed by atoms with Gasteiger partial charge in [0.25, 0.3) is 0 Å². The highest BCUT2D eigenvalue weighted by Crippen LogP contribution is 2.43. The molecule has 20 heavy (non-hydrogen) atoms. The van der Waals surface area contributed by atoms with E-state index in [1.165, 1.54) is 26.4 Å². The predicted octanol–water partition coefficient (Wildman–Crippen LogP) is 1.35. The number of hydrogen-bond acceptors (Lipinski definition) is 5. The molecule has 1 saturated carbocycles. The van der Waals surface area contributed by atoms with Crippen LogP contribution in [0.5, 0.6) is 0 Å². The van der Waals surface area contributed by atoms with Crippen LogP contribution in [0.25, 0.3) is 0 Å². The van der Waals surface area contributed by atoms with Crippen molar-refractivity contribution < 1.29 is 19.0 Å². The molecule has 0 radical (unpaired) electrons. The second-order valence-corrected chi connectivity index (χ2v) is 6.30. The number of methoxy groups -OCH3 is 1. The molecule has 5 heteroatoms. The van der Waals surface area contributed by atoms with E-state index >= 15 is 0 Å². The highest BCUT2D eigenvalue weighted by molar-refractivity contribution is 5.69. The van der Waals surface area contributed by atoms with Gasteiger partial charge in [-0.3, -0.25) is 9.69 Å². The fourth-order valence-corrected chi connectivity index (χ4v) is 3.70. The number of hydrogen-bond donors (Lipinski definition) is 0. The molecule has 2 unspecified atom stereocenters. The van der Waals surface area contributed by atoms with E-state index in [4.69, 9.17) is 14.2 Å². The van der Waals surface area contributed by atoms with Crippen molar-refractivity contribution in [2.45, 2.75) is 56.3 Å². The normalized spacial score (nSPS) is 33.6. The Labute approximate surface area is 120 Å². The smallest absolute Gasteiger partial charge is 0.308 e. The van der Waals surface area contributed by atoms with E-state index in [1.54, 1.807) is 0 Å². The van der Waals surface area contributed by atoms with Crippen LogP contribution in [0, 0.1) is 0 Å². The first-order valence-electron chi connectivity index (χ1n) is 7.77. The van der Waals surface area contributed by atoms with E-state index in [-0.39, 0.29) is 17.7 Å². The van der Waals surface area contributed by atoms with Gasteiger partial charge in [-0.25, -0.2) is 0 Å². The Balaban J connectivity index is 1.54. The SMILES string of the molecule is COC(=O)CC1CN(C2CCOC3(CCC3)C2)CCO1. The van der Waals surface area contributed by atoms with Crippen LogP contribution in [-0.2, 0) is 19.0 Å². The quantitative estimate of drug-likeness (QED) is 0.732. The molecule has 3 rings (SSSR count). The van der Waals surface area contributed by atoms with Crippen LogP contribution in [0.1, 0.15) is 38.5 Å². The van der Waals surface area contributed by atoms with Gasteiger partial charge in [0, 0.05) is 25.7 Å². The van der Waals surface area contributed by atoms with Crippen molar-refractivity contribution in [3.8, 4) is 0 Å². The maximum absolute atomic E-state index is 11.4. The summed E-state index contributed by atoms with van der Waals surface area (Å²) < 4.78 is 16.4. The zero-order valence-corrected chi connectivity index (χ0v) is 12.3. The summed E-state index contributed by atoms with van der Waals surface area (Å²) >= 11 is 0. The van der Waals surface area contributed by atoms with Gasteiger partial charge < -0.3 is 14.2 Å².